The molecule has 0 fully saturated rings. The first kappa shape index (κ1) is 16.5. The second-order valence-electron chi connectivity index (χ2n) is 5.85. The van der Waals surface area contributed by atoms with Crippen molar-refractivity contribution in [3.8, 4) is 5.75 Å². The number of nitrogens with zero attached hydrogens (tertiary/aromatic N) is 2. The largest absolute Gasteiger partial charge is 0.501 e. The lowest BCUT2D eigenvalue weighted by molar-refractivity contribution is -0.0157. The Morgan fingerprint density at radius 2 is 2.23 bits per heavy atom. The molecule has 0 spiro atoms. The number of esters is 1. The topological polar surface area (TPSA) is 90.7 Å². The summed E-state index contributed by atoms with van der Waals surface area (Å²) in [5.74, 6) is -0.890. The Morgan fingerprint density at radius 3 is 2.82 bits per heavy atom. The van der Waals surface area contributed by atoms with Crippen LogP contribution in [0, 0.1) is 5.92 Å². The van der Waals surface area contributed by atoms with E-state index in [4.69, 9.17) is 9.47 Å². The van der Waals surface area contributed by atoms with Gasteiger partial charge in [0.05, 0.1) is 6.61 Å². The normalized spacial score (nSPS) is 24.5. The van der Waals surface area contributed by atoms with Crippen LogP contribution in [0.25, 0.3) is 0 Å². The fraction of sp³-hybridized carbons (Fsp3) is 0.667. The third-order valence-corrected chi connectivity index (χ3v) is 4.15. The summed E-state index contributed by atoms with van der Waals surface area (Å²) in [5, 5.41) is 10.0. The van der Waals surface area contributed by atoms with Gasteiger partial charge in [0, 0.05) is 13.7 Å². The van der Waals surface area contributed by atoms with E-state index in [1.165, 1.54) is 4.57 Å². The van der Waals surface area contributed by atoms with Crippen LogP contribution in [-0.4, -0.2) is 34.3 Å². The average Bonchev–Trinajstić information content (AvgIpc) is 2.61. The van der Waals surface area contributed by atoms with E-state index in [-0.39, 0.29) is 18.2 Å². The van der Waals surface area contributed by atoms with E-state index in [0.29, 0.717) is 18.8 Å². The van der Waals surface area contributed by atoms with Gasteiger partial charge in [-0.25, -0.2) is 9.78 Å². The van der Waals surface area contributed by atoms with E-state index in [9.17, 15) is 14.7 Å². The molecule has 1 aromatic heterocycles. The number of hydrogen-bond acceptors (Lipinski definition) is 6. The van der Waals surface area contributed by atoms with Crippen molar-refractivity contribution in [1.82, 2.24) is 9.55 Å². The summed E-state index contributed by atoms with van der Waals surface area (Å²) in [4.78, 5) is 28.6. The van der Waals surface area contributed by atoms with Gasteiger partial charge < -0.3 is 14.6 Å². The van der Waals surface area contributed by atoms with Crippen molar-refractivity contribution < 1.29 is 19.4 Å². The first-order valence-electron chi connectivity index (χ1n) is 7.40. The third kappa shape index (κ3) is 2.72. The van der Waals surface area contributed by atoms with E-state index < -0.39 is 22.9 Å². The maximum atomic E-state index is 12.5. The smallest absolute Gasteiger partial charge is 0.361 e. The summed E-state index contributed by atoms with van der Waals surface area (Å²) in [6, 6.07) is 0. The highest BCUT2D eigenvalue weighted by Gasteiger charge is 2.37. The summed E-state index contributed by atoms with van der Waals surface area (Å²) >= 11 is 0. The van der Waals surface area contributed by atoms with Gasteiger partial charge in [-0.3, -0.25) is 9.36 Å². The van der Waals surface area contributed by atoms with E-state index in [1.807, 2.05) is 13.8 Å². The molecule has 1 aliphatic heterocycles. The molecule has 2 atom stereocenters. The molecule has 0 saturated carbocycles. The second-order valence-corrected chi connectivity index (χ2v) is 5.85. The zero-order chi connectivity index (χ0) is 16.5. The highest BCUT2D eigenvalue weighted by Crippen LogP contribution is 2.34. The number of carbonyl (C=O) groups excluding carboxylic acids is 1. The number of hydrogen-bond donors (Lipinski definition) is 1. The Labute approximate surface area is 128 Å². The molecule has 1 N–H and O–H groups in total. The molecule has 2 unspecified atom stereocenters. The lowest BCUT2D eigenvalue weighted by Gasteiger charge is -2.27. The fourth-order valence-electron chi connectivity index (χ4n) is 2.69. The third-order valence-electron chi connectivity index (χ3n) is 4.15. The molecule has 0 radical (unpaired) electrons. The van der Waals surface area contributed by atoms with Crippen molar-refractivity contribution in [3.05, 3.63) is 21.9 Å². The molecule has 22 heavy (non-hydrogen) atoms. The first-order chi connectivity index (χ1) is 10.3. The quantitative estimate of drug-likeness (QED) is 0.849. The number of rotatable bonds is 3. The van der Waals surface area contributed by atoms with E-state index >= 15 is 0 Å². The molecule has 0 aromatic carbocycles. The van der Waals surface area contributed by atoms with Crippen LogP contribution < -0.4 is 5.56 Å². The van der Waals surface area contributed by atoms with Gasteiger partial charge in [-0.1, -0.05) is 6.92 Å². The summed E-state index contributed by atoms with van der Waals surface area (Å²) in [6.07, 6.45) is 1.52. The van der Waals surface area contributed by atoms with Crippen molar-refractivity contribution in [1.29, 1.82) is 0 Å². The first-order valence-corrected chi connectivity index (χ1v) is 7.40. The van der Waals surface area contributed by atoms with Crippen LogP contribution in [0.5, 0.6) is 5.75 Å². The van der Waals surface area contributed by atoms with Gasteiger partial charge in [-0.2, -0.15) is 0 Å². The molecule has 7 nitrogen and oxygen atoms in total. The molecule has 0 bridgehead atoms. The van der Waals surface area contributed by atoms with Crippen LogP contribution in [0.3, 0.4) is 0 Å². The van der Waals surface area contributed by atoms with E-state index in [1.54, 1.807) is 14.0 Å². The van der Waals surface area contributed by atoms with Crippen molar-refractivity contribution in [2.45, 2.75) is 45.8 Å². The van der Waals surface area contributed by atoms with Gasteiger partial charge in [-0.05, 0) is 32.6 Å². The summed E-state index contributed by atoms with van der Waals surface area (Å²) in [7, 11) is 1.55. The molecule has 2 rings (SSSR count). The zero-order valence-electron chi connectivity index (χ0n) is 13.4. The summed E-state index contributed by atoms with van der Waals surface area (Å²) in [6.45, 7) is 6.06. The number of methoxy groups -OCH3 is 1. The lowest BCUT2D eigenvalue weighted by Crippen LogP contribution is -2.36. The molecule has 122 valence electrons. The maximum absolute atomic E-state index is 12.5. The van der Waals surface area contributed by atoms with Crippen molar-refractivity contribution in [2.75, 3.05) is 13.7 Å². The Bertz CT molecular complexity index is 640. The minimum absolute atomic E-state index is 0.136. The summed E-state index contributed by atoms with van der Waals surface area (Å²) < 4.78 is 11.8. The number of aromatic hydroxyl groups is 1. The van der Waals surface area contributed by atoms with Crippen molar-refractivity contribution in [3.63, 3.8) is 0 Å². The molecular weight excluding hydrogens is 288 g/mol. The predicted molar refractivity (Wildman–Crippen MR) is 78.9 cm³/mol. The van der Waals surface area contributed by atoms with Crippen LogP contribution in [-0.2, 0) is 21.6 Å². The summed E-state index contributed by atoms with van der Waals surface area (Å²) in [5.41, 5.74) is -1.78. The standard InChI is InChI=1S/C15H22N2O5/c1-5-22-13(20)10-11(18)12(19)17-8-9(2)6-7-15(3,21-4)14(17)16-10/h9,18H,5-8H2,1-4H3. The number of carbonyl (C=O) groups is 1. The predicted octanol–water partition coefficient (Wildman–Crippen LogP) is 1.42. The van der Waals surface area contributed by atoms with Crippen LogP contribution in [0.15, 0.2) is 4.79 Å². The Balaban J connectivity index is 2.69. The van der Waals surface area contributed by atoms with E-state index in [2.05, 4.69) is 4.98 Å². The molecule has 0 saturated heterocycles. The van der Waals surface area contributed by atoms with E-state index in [0.717, 1.165) is 6.42 Å². The molecule has 1 aliphatic rings. The Hall–Kier alpha value is -1.89. The Morgan fingerprint density at radius 1 is 1.55 bits per heavy atom. The highest BCUT2D eigenvalue weighted by atomic mass is 16.5. The molecule has 0 aliphatic carbocycles. The zero-order valence-corrected chi connectivity index (χ0v) is 13.4. The van der Waals surface area contributed by atoms with Crippen LogP contribution >= 0.6 is 0 Å². The van der Waals surface area contributed by atoms with Crippen LogP contribution in [0.1, 0.15) is 49.9 Å². The minimum Gasteiger partial charge on any atom is -0.501 e. The molecular formula is C15H22N2O5. The fourth-order valence-corrected chi connectivity index (χ4v) is 2.69. The molecule has 7 heteroatoms. The number of fused-ring (bicyclic) bond motifs is 1. The second kappa shape index (κ2) is 6.08. The lowest BCUT2D eigenvalue weighted by atomic mass is 9.95. The average molecular weight is 310 g/mol. The highest BCUT2D eigenvalue weighted by molar-refractivity contribution is 5.90. The molecule has 1 aromatic rings. The van der Waals surface area contributed by atoms with Gasteiger partial charge >= 0.3 is 5.97 Å². The molecule has 2 heterocycles. The van der Waals surface area contributed by atoms with Crippen LogP contribution in [0.2, 0.25) is 0 Å². The Kier molecular flexibility index (Phi) is 4.55. The SMILES string of the molecule is CCOC(=O)c1nc2n(c(=O)c1O)CC(C)CCC2(C)OC. The van der Waals surface area contributed by atoms with Crippen LogP contribution in [0.4, 0.5) is 0 Å². The van der Waals surface area contributed by atoms with Crippen molar-refractivity contribution >= 4 is 5.97 Å². The van der Waals surface area contributed by atoms with Gasteiger partial charge in [0.2, 0.25) is 5.75 Å². The molecule has 0 amide bonds. The van der Waals surface area contributed by atoms with Gasteiger partial charge in [0.15, 0.2) is 5.69 Å². The van der Waals surface area contributed by atoms with Gasteiger partial charge in [0.1, 0.15) is 11.4 Å². The number of aromatic nitrogens is 2. The van der Waals surface area contributed by atoms with Gasteiger partial charge in [-0.15, -0.1) is 0 Å². The van der Waals surface area contributed by atoms with Gasteiger partial charge in [0.25, 0.3) is 5.56 Å². The van der Waals surface area contributed by atoms with Crippen molar-refractivity contribution in [2.24, 2.45) is 5.92 Å². The maximum Gasteiger partial charge on any atom is 0.361 e. The minimum atomic E-state index is -0.809. The number of ether oxygens (including phenoxy) is 2. The monoisotopic (exact) mass is 310 g/mol.